The molecular weight excluding hydrogens is 346 g/mol. The molecule has 0 spiro atoms. The van der Waals surface area contributed by atoms with Crippen molar-refractivity contribution in [2.45, 2.75) is 6.92 Å². The van der Waals surface area contributed by atoms with Gasteiger partial charge in [-0.05, 0) is 31.2 Å². The number of amides is 2. The lowest BCUT2D eigenvalue weighted by atomic mass is 10.2. The number of rotatable bonds is 3. The van der Waals surface area contributed by atoms with Crippen LogP contribution >= 0.6 is 0 Å². The second kappa shape index (κ2) is 7.20. The van der Waals surface area contributed by atoms with Gasteiger partial charge < -0.3 is 19.4 Å². The zero-order chi connectivity index (χ0) is 18.8. The smallest absolute Gasteiger partial charge is 0.291 e. The number of anilines is 1. The molecule has 138 valence electrons. The first kappa shape index (κ1) is 17.2. The number of aromatic nitrogens is 1. The highest BCUT2D eigenvalue weighted by molar-refractivity contribution is 6.13. The Morgan fingerprint density at radius 3 is 2.63 bits per heavy atom. The van der Waals surface area contributed by atoms with Crippen LogP contribution < -0.4 is 5.32 Å². The monoisotopic (exact) mass is 365 g/mol. The van der Waals surface area contributed by atoms with Gasteiger partial charge in [0.2, 0.25) is 5.76 Å². The van der Waals surface area contributed by atoms with Gasteiger partial charge in [0, 0.05) is 24.2 Å². The number of pyridine rings is 1. The number of aryl methyl sites for hydroxylation is 1. The van der Waals surface area contributed by atoms with Crippen molar-refractivity contribution in [3.8, 4) is 0 Å². The van der Waals surface area contributed by atoms with Gasteiger partial charge in [-0.3, -0.25) is 9.59 Å². The zero-order valence-corrected chi connectivity index (χ0v) is 14.9. The minimum absolute atomic E-state index is 0.124. The molecule has 3 aromatic rings. The summed E-state index contributed by atoms with van der Waals surface area (Å²) in [6, 6.07) is 12.5. The van der Waals surface area contributed by atoms with Crippen LogP contribution in [0.4, 0.5) is 5.69 Å². The van der Waals surface area contributed by atoms with E-state index in [1.54, 1.807) is 23.1 Å². The van der Waals surface area contributed by atoms with Gasteiger partial charge in [-0.25, -0.2) is 4.98 Å². The number of furan rings is 1. The Labute approximate surface area is 155 Å². The van der Waals surface area contributed by atoms with E-state index in [-0.39, 0.29) is 23.3 Å². The summed E-state index contributed by atoms with van der Waals surface area (Å²) in [4.78, 5) is 31.6. The Morgan fingerprint density at radius 2 is 1.85 bits per heavy atom. The lowest BCUT2D eigenvalue weighted by Crippen LogP contribution is -2.40. The summed E-state index contributed by atoms with van der Waals surface area (Å²) in [5.74, 6) is -0.526. The fourth-order valence-electron chi connectivity index (χ4n) is 3.08. The maximum atomic E-state index is 13.0. The number of fused-ring (bicyclic) bond motifs is 1. The third-order valence-electron chi connectivity index (χ3n) is 4.45. The Kier molecular flexibility index (Phi) is 4.60. The van der Waals surface area contributed by atoms with E-state index in [0.717, 1.165) is 5.69 Å². The van der Waals surface area contributed by atoms with Crippen LogP contribution in [0.5, 0.6) is 0 Å². The Hall–Kier alpha value is -3.19. The molecule has 0 saturated carbocycles. The van der Waals surface area contributed by atoms with E-state index in [1.165, 1.54) is 0 Å². The van der Waals surface area contributed by atoms with Crippen LogP contribution in [-0.2, 0) is 4.74 Å². The number of nitrogens with one attached hydrogen (secondary N) is 1. The zero-order valence-electron chi connectivity index (χ0n) is 14.9. The third-order valence-corrected chi connectivity index (χ3v) is 4.45. The first-order valence-electron chi connectivity index (χ1n) is 8.77. The lowest BCUT2D eigenvalue weighted by molar-refractivity contribution is 0.0285. The summed E-state index contributed by atoms with van der Waals surface area (Å²) in [5.41, 5.74) is 1.94. The second-order valence-electron chi connectivity index (χ2n) is 6.33. The van der Waals surface area contributed by atoms with E-state index in [1.807, 2.05) is 31.2 Å². The molecule has 1 fully saturated rings. The van der Waals surface area contributed by atoms with E-state index in [2.05, 4.69) is 10.3 Å². The number of hydrogen-bond donors (Lipinski definition) is 1. The molecule has 0 aliphatic carbocycles. The van der Waals surface area contributed by atoms with Gasteiger partial charge in [-0.15, -0.1) is 0 Å². The Morgan fingerprint density at radius 1 is 1.07 bits per heavy atom. The molecule has 2 aromatic heterocycles. The topological polar surface area (TPSA) is 84.7 Å². The Bertz CT molecular complexity index is 1010. The third kappa shape index (κ3) is 3.41. The number of morpholine rings is 1. The van der Waals surface area contributed by atoms with Crippen LogP contribution in [0.15, 0.2) is 46.9 Å². The maximum Gasteiger partial charge on any atom is 0.291 e. The van der Waals surface area contributed by atoms with E-state index in [4.69, 9.17) is 9.15 Å². The van der Waals surface area contributed by atoms with Crippen molar-refractivity contribution in [2.24, 2.45) is 0 Å². The van der Waals surface area contributed by atoms with Crippen LogP contribution in [0.3, 0.4) is 0 Å². The first-order chi connectivity index (χ1) is 13.1. The van der Waals surface area contributed by atoms with Crippen LogP contribution in [-0.4, -0.2) is 48.0 Å². The summed E-state index contributed by atoms with van der Waals surface area (Å²) in [7, 11) is 0. The minimum atomic E-state index is -0.388. The van der Waals surface area contributed by atoms with E-state index < -0.39 is 0 Å². The summed E-state index contributed by atoms with van der Waals surface area (Å²) < 4.78 is 11.1. The minimum Gasteiger partial charge on any atom is -0.449 e. The molecule has 1 aliphatic rings. The Balaban J connectivity index is 1.72. The fourth-order valence-corrected chi connectivity index (χ4v) is 3.08. The molecule has 3 heterocycles. The van der Waals surface area contributed by atoms with Crippen molar-refractivity contribution in [1.29, 1.82) is 0 Å². The molecular formula is C20H19N3O4. The standard InChI is InChI=1S/C20H19N3O4/c1-13-5-4-7-15(21-13)19(24)22-17-14-6-2-3-8-16(14)27-18(17)20(25)23-9-11-26-12-10-23/h2-8H,9-12H2,1H3,(H,22,24). The highest BCUT2D eigenvalue weighted by Crippen LogP contribution is 2.32. The largest absolute Gasteiger partial charge is 0.449 e. The van der Waals surface area contributed by atoms with Gasteiger partial charge in [0.05, 0.1) is 13.2 Å². The molecule has 1 N–H and O–H groups in total. The van der Waals surface area contributed by atoms with Gasteiger partial charge in [0.1, 0.15) is 17.0 Å². The molecule has 2 amide bonds. The number of ether oxygens (including phenoxy) is 1. The highest BCUT2D eigenvalue weighted by atomic mass is 16.5. The quantitative estimate of drug-likeness (QED) is 0.771. The van der Waals surface area contributed by atoms with Crippen molar-refractivity contribution in [3.05, 3.63) is 59.6 Å². The number of carbonyl (C=O) groups excluding carboxylic acids is 2. The molecule has 27 heavy (non-hydrogen) atoms. The van der Waals surface area contributed by atoms with E-state index >= 15 is 0 Å². The summed E-state index contributed by atoms with van der Waals surface area (Å²) >= 11 is 0. The van der Waals surface area contributed by atoms with E-state index in [0.29, 0.717) is 43.0 Å². The molecule has 0 unspecified atom stereocenters. The summed E-state index contributed by atoms with van der Waals surface area (Å²) in [5, 5.41) is 3.50. The van der Waals surface area contributed by atoms with E-state index in [9.17, 15) is 9.59 Å². The van der Waals surface area contributed by atoms with Crippen LogP contribution in [0.25, 0.3) is 11.0 Å². The summed E-state index contributed by atoms with van der Waals surface area (Å²) in [6.07, 6.45) is 0. The molecule has 4 rings (SSSR count). The lowest BCUT2D eigenvalue weighted by Gasteiger charge is -2.26. The predicted octanol–water partition coefficient (Wildman–Crippen LogP) is 2.86. The SMILES string of the molecule is Cc1cccc(C(=O)Nc2c(C(=O)N3CCOCC3)oc3ccccc23)n1. The molecule has 7 nitrogen and oxygen atoms in total. The molecule has 0 atom stereocenters. The molecule has 7 heteroatoms. The van der Waals surface area contributed by atoms with Gasteiger partial charge in [-0.1, -0.05) is 18.2 Å². The van der Waals surface area contributed by atoms with Crippen molar-refractivity contribution in [2.75, 3.05) is 31.6 Å². The first-order valence-corrected chi connectivity index (χ1v) is 8.77. The number of benzene rings is 1. The number of hydrogen-bond acceptors (Lipinski definition) is 5. The average molecular weight is 365 g/mol. The van der Waals surface area contributed by atoms with Crippen molar-refractivity contribution in [3.63, 3.8) is 0 Å². The molecule has 0 radical (unpaired) electrons. The number of para-hydroxylation sites is 1. The van der Waals surface area contributed by atoms with Gasteiger partial charge >= 0.3 is 0 Å². The van der Waals surface area contributed by atoms with Gasteiger partial charge in [0.25, 0.3) is 11.8 Å². The molecule has 1 aliphatic heterocycles. The number of nitrogens with zero attached hydrogens (tertiary/aromatic N) is 2. The van der Waals surface area contributed by atoms with Crippen molar-refractivity contribution < 1.29 is 18.7 Å². The second-order valence-corrected chi connectivity index (χ2v) is 6.33. The van der Waals surface area contributed by atoms with Crippen LogP contribution in [0.2, 0.25) is 0 Å². The molecule has 1 saturated heterocycles. The normalized spacial score (nSPS) is 14.3. The highest BCUT2D eigenvalue weighted by Gasteiger charge is 2.27. The fraction of sp³-hybridized carbons (Fsp3) is 0.250. The van der Waals surface area contributed by atoms with Gasteiger partial charge in [-0.2, -0.15) is 0 Å². The van der Waals surface area contributed by atoms with Crippen molar-refractivity contribution >= 4 is 28.5 Å². The maximum absolute atomic E-state index is 13.0. The van der Waals surface area contributed by atoms with Crippen molar-refractivity contribution in [1.82, 2.24) is 9.88 Å². The predicted molar refractivity (Wildman–Crippen MR) is 99.9 cm³/mol. The number of carbonyl (C=O) groups is 2. The van der Waals surface area contributed by atoms with Gasteiger partial charge in [0.15, 0.2) is 0 Å². The summed E-state index contributed by atoms with van der Waals surface area (Å²) in [6.45, 7) is 3.77. The molecule has 1 aromatic carbocycles. The van der Waals surface area contributed by atoms with Crippen LogP contribution in [0.1, 0.15) is 26.7 Å². The van der Waals surface area contributed by atoms with Crippen LogP contribution in [0, 0.1) is 6.92 Å². The molecule has 0 bridgehead atoms. The average Bonchev–Trinajstić information content (AvgIpc) is 3.06.